The van der Waals surface area contributed by atoms with E-state index in [4.69, 9.17) is 5.10 Å². The highest BCUT2D eigenvalue weighted by atomic mass is 15.7. The van der Waals surface area contributed by atoms with Crippen LogP contribution in [0, 0.1) is 0 Å². The molecule has 118 valence electrons. The van der Waals surface area contributed by atoms with Crippen LogP contribution in [-0.2, 0) is 0 Å². The van der Waals surface area contributed by atoms with E-state index in [0.29, 0.717) is 6.67 Å². The minimum atomic E-state index is 0.558. The topological polar surface area (TPSA) is 69.5 Å². The minimum Gasteiger partial charge on any atom is -0.278 e. The third-order valence-electron chi connectivity index (χ3n) is 3.63. The molecule has 1 aliphatic heterocycles. The van der Waals surface area contributed by atoms with Crippen molar-refractivity contribution < 1.29 is 0 Å². The molecule has 0 aliphatic carbocycles. The highest BCUT2D eigenvalue weighted by molar-refractivity contribution is 6.00. The van der Waals surface area contributed by atoms with Gasteiger partial charge in [0.15, 0.2) is 5.84 Å². The van der Waals surface area contributed by atoms with Crippen LogP contribution in [0.3, 0.4) is 0 Å². The SMILES string of the molecule is c1cc(C2=NN(c3ccncc3)CN(c3ccncc3)N2)ccn1. The van der Waals surface area contributed by atoms with E-state index in [0.717, 1.165) is 22.8 Å². The van der Waals surface area contributed by atoms with Crippen molar-refractivity contribution in [3.05, 3.63) is 79.1 Å². The molecule has 24 heavy (non-hydrogen) atoms. The third kappa shape index (κ3) is 2.87. The number of hydrazine groups is 1. The van der Waals surface area contributed by atoms with E-state index in [9.17, 15) is 0 Å². The summed E-state index contributed by atoms with van der Waals surface area (Å²) >= 11 is 0. The monoisotopic (exact) mass is 317 g/mol. The van der Waals surface area contributed by atoms with Gasteiger partial charge in [-0.25, -0.2) is 5.01 Å². The van der Waals surface area contributed by atoms with E-state index in [2.05, 4.69) is 20.4 Å². The molecule has 0 amide bonds. The summed E-state index contributed by atoms with van der Waals surface area (Å²) in [6.07, 6.45) is 10.6. The van der Waals surface area contributed by atoms with Gasteiger partial charge in [-0.1, -0.05) is 0 Å². The van der Waals surface area contributed by atoms with E-state index in [1.165, 1.54) is 0 Å². The van der Waals surface area contributed by atoms with Gasteiger partial charge in [-0.2, -0.15) is 5.10 Å². The number of nitrogens with one attached hydrogen (secondary N) is 1. The largest absolute Gasteiger partial charge is 0.278 e. The summed E-state index contributed by atoms with van der Waals surface area (Å²) in [6.45, 7) is 0.558. The molecule has 3 aromatic rings. The first kappa shape index (κ1) is 14.1. The van der Waals surface area contributed by atoms with Gasteiger partial charge in [-0.3, -0.25) is 25.4 Å². The van der Waals surface area contributed by atoms with Crippen LogP contribution in [-0.4, -0.2) is 27.5 Å². The van der Waals surface area contributed by atoms with Gasteiger partial charge in [-0.05, 0) is 36.4 Å². The first-order valence-corrected chi connectivity index (χ1v) is 7.51. The summed E-state index contributed by atoms with van der Waals surface area (Å²) in [5.74, 6) is 0.747. The molecule has 4 heterocycles. The maximum Gasteiger partial charge on any atom is 0.172 e. The second-order valence-corrected chi connectivity index (χ2v) is 5.18. The lowest BCUT2D eigenvalue weighted by Gasteiger charge is -2.36. The van der Waals surface area contributed by atoms with E-state index in [1.807, 2.05) is 46.4 Å². The van der Waals surface area contributed by atoms with Gasteiger partial charge in [0, 0.05) is 42.7 Å². The van der Waals surface area contributed by atoms with Crippen LogP contribution in [0.5, 0.6) is 0 Å². The maximum atomic E-state index is 4.72. The Morgan fingerprint density at radius 2 is 1.25 bits per heavy atom. The van der Waals surface area contributed by atoms with Gasteiger partial charge < -0.3 is 0 Å². The molecule has 0 radical (unpaired) electrons. The molecule has 0 atom stereocenters. The lowest BCUT2D eigenvalue weighted by atomic mass is 10.2. The predicted molar refractivity (Wildman–Crippen MR) is 92.2 cm³/mol. The fourth-order valence-corrected chi connectivity index (χ4v) is 2.43. The maximum absolute atomic E-state index is 4.72. The van der Waals surface area contributed by atoms with Crippen molar-refractivity contribution in [2.45, 2.75) is 0 Å². The fourth-order valence-electron chi connectivity index (χ4n) is 2.43. The number of pyridine rings is 3. The van der Waals surface area contributed by atoms with Crippen molar-refractivity contribution in [2.24, 2.45) is 5.10 Å². The lowest BCUT2D eigenvalue weighted by molar-refractivity contribution is 0.678. The zero-order valence-corrected chi connectivity index (χ0v) is 12.8. The van der Waals surface area contributed by atoms with Crippen molar-refractivity contribution in [1.82, 2.24) is 20.4 Å². The van der Waals surface area contributed by atoms with Crippen LogP contribution in [0.15, 0.2) is 78.7 Å². The van der Waals surface area contributed by atoms with Crippen LogP contribution >= 0.6 is 0 Å². The van der Waals surface area contributed by atoms with Gasteiger partial charge in [0.05, 0.1) is 11.4 Å². The van der Waals surface area contributed by atoms with E-state index < -0.39 is 0 Å². The number of rotatable bonds is 3. The zero-order valence-electron chi connectivity index (χ0n) is 12.8. The summed E-state index contributed by atoms with van der Waals surface area (Å²) in [7, 11) is 0. The molecule has 0 aromatic carbocycles. The van der Waals surface area contributed by atoms with Gasteiger partial charge in [0.1, 0.15) is 6.67 Å². The fraction of sp³-hybridized carbons (Fsp3) is 0.0588. The molecular weight excluding hydrogens is 302 g/mol. The van der Waals surface area contributed by atoms with Gasteiger partial charge >= 0.3 is 0 Å². The molecule has 3 aromatic heterocycles. The minimum absolute atomic E-state index is 0.558. The Morgan fingerprint density at radius 1 is 0.708 bits per heavy atom. The number of anilines is 2. The van der Waals surface area contributed by atoms with Crippen LogP contribution in [0.25, 0.3) is 0 Å². The quantitative estimate of drug-likeness (QED) is 0.797. The van der Waals surface area contributed by atoms with Crippen molar-refractivity contribution in [3.63, 3.8) is 0 Å². The molecule has 0 saturated heterocycles. The molecule has 0 fully saturated rings. The molecule has 4 rings (SSSR count). The predicted octanol–water partition coefficient (Wildman–Crippen LogP) is 2.02. The molecular formula is C17H15N7. The van der Waals surface area contributed by atoms with Crippen LogP contribution in [0.1, 0.15) is 5.56 Å². The smallest absolute Gasteiger partial charge is 0.172 e. The highest BCUT2D eigenvalue weighted by Gasteiger charge is 2.21. The summed E-state index contributed by atoms with van der Waals surface area (Å²) in [4.78, 5) is 12.2. The summed E-state index contributed by atoms with van der Waals surface area (Å²) < 4.78 is 0. The van der Waals surface area contributed by atoms with Crippen molar-refractivity contribution in [2.75, 3.05) is 16.7 Å². The van der Waals surface area contributed by atoms with Crippen molar-refractivity contribution in [1.29, 1.82) is 0 Å². The van der Waals surface area contributed by atoms with E-state index >= 15 is 0 Å². The average Bonchev–Trinajstić information content (AvgIpc) is 2.70. The number of hydrogen-bond donors (Lipinski definition) is 1. The Hall–Kier alpha value is -3.48. The zero-order chi connectivity index (χ0) is 16.2. The molecule has 1 aliphatic rings. The molecule has 7 heteroatoms. The second-order valence-electron chi connectivity index (χ2n) is 5.18. The Kier molecular flexibility index (Phi) is 3.73. The van der Waals surface area contributed by atoms with E-state index in [-0.39, 0.29) is 0 Å². The number of hydrazone groups is 1. The number of hydrogen-bond acceptors (Lipinski definition) is 7. The van der Waals surface area contributed by atoms with Gasteiger partial charge in [-0.15, -0.1) is 0 Å². The Morgan fingerprint density at radius 3 is 1.88 bits per heavy atom. The number of aromatic nitrogens is 3. The first-order chi connectivity index (χ1) is 11.9. The Labute approximate surface area is 139 Å². The van der Waals surface area contributed by atoms with Crippen molar-refractivity contribution >= 4 is 17.2 Å². The Bertz CT molecular complexity index is 821. The number of amidine groups is 1. The Balaban J connectivity index is 1.73. The highest BCUT2D eigenvalue weighted by Crippen LogP contribution is 2.20. The second kappa shape index (κ2) is 6.33. The molecule has 7 nitrogen and oxygen atoms in total. The number of nitrogens with zero attached hydrogens (tertiary/aromatic N) is 6. The molecule has 0 saturated carbocycles. The summed E-state index contributed by atoms with van der Waals surface area (Å²) in [5.41, 5.74) is 6.29. The van der Waals surface area contributed by atoms with Gasteiger partial charge in [0.2, 0.25) is 0 Å². The van der Waals surface area contributed by atoms with E-state index in [1.54, 1.807) is 37.2 Å². The third-order valence-corrected chi connectivity index (χ3v) is 3.63. The standard InChI is InChI=1S/C17H15N7/c1-7-18-8-2-14(1)17-21-23(15-3-9-19-10-4-15)13-24(22-17)16-5-11-20-12-6-16/h1-12H,13H2,(H,21,22). The van der Waals surface area contributed by atoms with Crippen LogP contribution < -0.4 is 15.4 Å². The van der Waals surface area contributed by atoms with Gasteiger partial charge in [0.25, 0.3) is 0 Å². The average molecular weight is 317 g/mol. The van der Waals surface area contributed by atoms with Crippen LogP contribution in [0.4, 0.5) is 11.4 Å². The summed E-state index contributed by atoms with van der Waals surface area (Å²) in [6, 6.07) is 11.6. The van der Waals surface area contributed by atoms with Crippen LogP contribution in [0.2, 0.25) is 0 Å². The first-order valence-electron chi connectivity index (χ1n) is 7.51. The normalized spacial score (nSPS) is 14.1. The van der Waals surface area contributed by atoms with Crippen molar-refractivity contribution in [3.8, 4) is 0 Å². The molecule has 0 spiro atoms. The lowest BCUT2D eigenvalue weighted by Crippen LogP contribution is -2.53. The molecule has 1 N–H and O–H groups in total. The molecule has 0 unspecified atom stereocenters. The summed E-state index contributed by atoms with van der Waals surface area (Å²) in [5, 5.41) is 8.67. The molecule has 0 bridgehead atoms.